The molecule has 100 valence electrons. The van der Waals surface area contributed by atoms with Gasteiger partial charge in [0.2, 0.25) is 0 Å². The van der Waals surface area contributed by atoms with Gasteiger partial charge in [0.1, 0.15) is 0 Å². The van der Waals surface area contributed by atoms with E-state index < -0.39 is 0 Å². The molecule has 1 heterocycles. The Balaban J connectivity index is 1.96. The fraction of sp³-hybridized carbons (Fsp3) is 0.312. The maximum atomic E-state index is 9.51. The van der Waals surface area contributed by atoms with Gasteiger partial charge in [-0.3, -0.25) is 4.98 Å². The Kier molecular flexibility index (Phi) is 5.07. The number of nitrogens with zero attached hydrogens (tertiary/aromatic N) is 1. The Morgan fingerprint density at radius 3 is 2.42 bits per heavy atom. The van der Waals surface area contributed by atoms with Crippen molar-refractivity contribution in [2.75, 3.05) is 6.61 Å². The lowest BCUT2D eigenvalue weighted by molar-refractivity contribution is 0.232. The molecule has 2 N–H and O–H groups in total. The number of pyridine rings is 1. The van der Waals surface area contributed by atoms with E-state index >= 15 is 0 Å². The summed E-state index contributed by atoms with van der Waals surface area (Å²) in [4.78, 5) is 4.02. The lowest BCUT2D eigenvalue weighted by Gasteiger charge is -2.22. The Labute approximate surface area is 114 Å². The summed E-state index contributed by atoms with van der Waals surface area (Å²) >= 11 is 0. The highest BCUT2D eigenvalue weighted by Crippen LogP contribution is 2.12. The van der Waals surface area contributed by atoms with Crippen LogP contribution in [0, 0.1) is 0 Å². The second kappa shape index (κ2) is 7.02. The molecule has 0 amide bonds. The molecular formula is C16H20N2O. The molecule has 3 heteroatoms. The van der Waals surface area contributed by atoms with Crippen molar-refractivity contribution in [3.63, 3.8) is 0 Å². The molecule has 0 bridgehead atoms. The summed E-state index contributed by atoms with van der Waals surface area (Å²) in [5.41, 5.74) is 2.41. The highest BCUT2D eigenvalue weighted by molar-refractivity contribution is 5.17. The van der Waals surface area contributed by atoms with E-state index in [0.717, 1.165) is 6.42 Å². The Bertz CT molecular complexity index is 473. The summed E-state index contributed by atoms with van der Waals surface area (Å²) in [5.74, 6) is 0. The van der Waals surface area contributed by atoms with Crippen LogP contribution in [0.4, 0.5) is 0 Å². The van der Waals surface area contributed by atoms with Crippen molar-refractivity contribution in [3.8, 4) is 0 Å². The minimum Gasteiger partial charge on any atom is -0.395 e. The molecule has 0 saturated carbocycles. The molecule has 2 atom stereocenters. The highest BCUT2D eigenvalue weighted by atomic mass is 16.3. The highest BCUT2D eigenvalue weighted by Gasteiger charge is 2.13. The van der Waals surface area contributed by atoms with Gasteiger partial charge in [-0.05, 0) is 36.6 Å². The van der Waals surface area contributed by atoms with Crippen molar-refractivity contribution in [1.82, 2.24) is 10.3 Å². The largest absolute Gasteiger partial charge is 0.395 e. The minimum absolute atomic E-state index is 0.0607. The van der Waals surface area contributed by atoms with Crippen LogP contribution in [0.5, 0.6) is 0 Å². The Morgan fingerprint density at radius 2 is 1.79 bits per heavy atom. The van der Waals surface area contributed by atoms with Crippen LogP contribution in [-0.4, -0.2) is 22.7 Å². The molecule has 1 aromatic heterocycles. The van der Waals surface area contributed by atoms with E-state index in [4.69, 9.17) is 0 Å². The predicted octanol–water partition coefficient (Wildman–Crippen LogP) is 2.34. The van der Waals surface area contributed by atoms with E-state index in [-0.39, 0.29) is 18.7 Å². The quantitative estimate of drug-likeness (QED) is 0.834. The third-order valence-electron chi connectivity index (χ3n) is 3.24. The minimum atomic E-state index is 0.0607. The van der Waals surface area contributed by atoms with Crippen LogP contribution in [-0.2, 0) is 6.42 Å². The zero-order valence-electron chi connectivity index (χ0n) is 11.2. The van der Waals surface area contributed by atoms with Gasteiger partial charge in [0.05, 0.1) is 6.61 Å². The Morgan fingerprint density at radius 1 is 1.11 bits per heavy atom. The number of aliphatic hydroxyl groups excluding tert-OH is 1. The molecule has 19 heavy (non-hydrogen) atoms. The molecule has 0 fully saturated rings. The van der Waals surface area contributed by atoms with Gasteiger partial charge < -0.3 is 10.4 Å². The van der Waals surface area contributed by atoms with Crippen LogP contribution in [0.25, 0.3) is 0 Å². The molecule has 0 radical (unpaired) electrons. The number of benzene rings is 1. The van der Waals surface area contributed by atoms with Crippen LogP contribution in [0.15, 0.2) is 54.9 Å². The van der Waals surface area contributed by atoms with Crippen LogP contribution < -0.4 is 5.32 Å². The first-order chi connectivity index (χ1) is 9.29. The SMILES string of the molecule is CC(NC(CO)Cc1ccccc1)c1ccncc1. The van der Waals surface area contributed by atoms with E-state index in [1.807, 2.05) is 30.3 Å². The first kappa shape index (κ1) is 13.7. The molecule has 0 saturated heterocycles. The third kappa shape index (κ3) is 4.16. The van der Waals surface area contributed by atoms with Crippen molar-refractivity contribution in [3.05, 3.63) is 66.0 Å². The third-order valence-corrected chi connectivity index (χ3v) is 3.24. The normalized spacial score (nSPS) is 14.0. The van der Waals surface area contributed by atoms with Gasteiger partial charge >= 0.3 is 0 Å². The van der Waals surface area contributed by atoms with Crippen molar-refractivity contribution in [1.29, 1.82) is 0 Å². The second-order valence-electron chi connectivity index (χ2n) is 4.74. The van der Waals surface area contributed by atoms with Crippen LogP contribution >= 0.6 is 0 Å². The van der Waals surface area contributed by atoms with E-state index in [0.29, 0.717) is 0 Å². The monoisotopic (exact) mass is 256 g/mol. The van der Waals surface area contributed by atoms with Gasteiger partial charge in [0.25, 0.3) is 0 Å². The topological polar surface area (TPSA) is 45.1 Å². The van der Waals surface area contributed by atoms with Crippen molar-refractivity contribution < 1.29 is 5.11 Å². The van der Waals surface area contributed by atoms with Crippen LogP contribution in [0.1, 0.15) is 24.1 Å². The van der Waals surface area contributed by atoms with Gasteiger partial charge in [-0.1, -0.05) is 30.3 Å². The van der Waals surface area contributed by atoms with Crippen molar-refractivity contribution in [2.24, 2.45) is 0 Å². The summed E-state index contributed by atoms with van der Waals surface area (Å²) in [7, 11) is 0. The summed E-state index contributed by atoms with van der Waals surface area (Å²) in [6, 6.07) is 14.5. The summed E-state index contributed by atoms with van der Waals surface area (Å²) in [6.07, 6.45) is 4.41. The Hall–Kier alpha value is -1.71. The molecule has 2 aromatic rings. The maximum absolute atomic E-state index is 9.51. The number of aromatic nitrogens is 1. The van der Waals surface area contributed by atoms with Crippen molar-refractivity contribution >= 4 is 0 Å². The summed E-state index contributed by atoms with van der Waals surface area (Å²) < 4.78 is 0. The first-order valence-electron chi connectivity index (χ1n) is 6.60. The summed E-state index contributed by atoms with van der Waals surface area (Å²) in [6.45, 7) is 2.23. The van der Waals surface area contributed by atoms with Crippen LogP contribution in [0.3, 0.4) is 0 Å². The predicted molar refractivity (Wildman–Crippen MR) is 76.8 cm³/mol. The number of rotatable bonds is 6. The molecule has 0 aliphatic carbocycles. The lowest BCUT2D eigenvalue weighted by Crippen LogP contribution is -2.36. The number of hydrogen-bond donors (Lipinski definition) is 2. The van der Waals surface area contributed by atoms with E-state index in [1.165, 1.54) is 11.1 Å². The molecule has 3 nitrogen and oxygen atoms in total. The van der Waals surface area contributed by atoms with E-state index in [2.05, 4.69) is 29.4 Å². The molecular weight excluding hydrogens is 236 g/mol. The lowest BCUT2D eigenvalue weighted by atomic mass is 10.0. The van der Waals surface area contributed by atoms with Gasteiger partial charge in [-0.15, -0.1) is 0 Å². The van der Waals surface area contributed by atoms with Crippen LogP contribution in [0.2, 0.25) is 0 Å². The molecule has 2 rings (SSSR count). The number of nitrogens with one attached hydrogen (secondary N) is 1. The van der Waals surface area contributed by atoms with Crippen molar-refractivity contribution in [2.45, 2.75) is 25.4 Å². The standard InChI is InChI=1S/C16H20N2O/c1-13(15-7-9-17-10-8-15)18-16(12-19)11-14-5-3-2-4-6-14/h2-10,13,16,18-19H,11-12H2,1H3. The molecule has 2 unspecified atom stereocenters. The zero-order chi connectivity index (χ0) is 13.5. The smallest absolute Gasteiger partial charge is 0.0588 e. The average Bonchev–Trinajstić information content (AvgIpc) is 2.48. The molecule has 1 aromatic carbocycles. The molecule has 0 aliphatic rings. The second-order valence-corrected chi connectivity index (χ2v) is 4.74. The average molecular weight is 256 g/mol. The number of aliphatic hydroxyl groups is 1. The van der Waals surface area contributed by atoms with E-state index in [1.54, 1.807) is 12.4 Å². The molecule has 0 spiro atoms. The van der Waals surface area contributed by atoms with E-state index in [9.17, 15) is 5.11 Å². The van der Waals surface area contributed by atoms with Gasteiger partial charge in [-0.25, -0.2) is 0 Å². The fourth-order valence-corrected chi connectivity index (χ4v) is 2.18. The zero-order valence-corrected chi connectivity index (χ0v) is 11.2. The van der Waals surface area contributed by atoms with Gasteiger partial charge in [0.15, 0.2) is 0 Å². The number of hydrogen-bond acceptors (Lipinski definition) is 3. The molecule has 0 aliphatic heterocycles. The fourth-order valence-electron chi connectivity index (χ4n) is 2.18. The van der Waals surface area contributed by atoms with Gasteiger partial charge in [-0.2, -0.15) is 0 Å². The first-order valence-corrected chi connectivity index (χ1v) is 6.60. The van der Waals surface area contributed by atoms with Gasteiger partial charge in [0, 0.05) is 24.5 Å². The summed E-state index contributed by atoms with van der Waals surface area (Å²) in [5, 5.41) is 13.0. The maximum Gasteiger partial charge on any atom is 0.0588 e.